The Labute approximate surface area is 135 Å². The fraction of sp³-hybridized carbons (Fsp3) is 0.500. The highest BCUT2D eigenvalue weighted by Gasteiger charge is 2.28. The van der Waals surface area contributed by atoms with Crippen molar-refractivity contribution < 1.29 is 19.4 Å². The first-order valence-corrected chi connectivity index (χ1v) is 7.45. The predicted octanol–water partition coefficient (Wildman–Crippen LogP) is 3.81. The number of nitrogens with one attached hydrogen (secondary N) is 1. The van der Waals surface area contributed by atoms with E-state index in [0.29, 0.717) is 11.6 Å². The average Bonchev–Trinajstić information content (AvgIpc) is 2.35. The van der Waals surface area contributed by atoms with Crippen LogP contribution in [0.25, 0.3) is 0 Å². The van der Waals surface area contributed by atoms with Gasteiger partial charge >= 0.3 is 5.97 Å². The zero-order valence-electron chi connectivity index (χ0n) is 13.3. The van der Waals surface area contributed by atoms with Crippen LogP contribution in [0.2, 0.25) is 5.02 Å². The van der Waals surface area contributed by atoms with Crippen molar-refractivity contribution in [2.75, 3.05) is 11.9 Å². The van der Waals surface area contributed by atoms with Crippen molar-refractivity contribution in [2.24, 2.45) is 11.3 Å². The van der Waals surface area contributed by atoms with E-state index in [4.69, 9.17) is 21.4 Å². The van der Waals surface area contributed by atoms with Gasteiger partial charge in [0, 0.05) is 11.1 Å². The van der Waals surface area contributed by atoms with Gasteiger partial charge in [0.15, 0.2) is 6.61 Å². The standard InChI is InChI=1S/C16H22ClNO4/c1-10(2)8-16(3,4)15(21)18-11-5-6-13(12(17)7-11)22-9-14(19)20/h5-7,10H,8-9H2,1-4H3,(H,18,21)(H,19,20). The second-order valence-electron chi connectivity index (χ2n) is 6.26. The highest BCUT2D eigenvalue weighted by atomic mass is 35.5. The van der Waals surface area contributed by atoms with Crippen molar-refractivity contribution in [1.29, 1.82) is 0 Å². The molecule has 0 bridgehead atoms. The number of hydrogen-bond acceptors (Lipinski definition) is 3. The molecule has 1 aromatic carbocycles. The summed E-state index contributed by atoms with van der Waals surface area (Å²) in [7, 11) is 0. The van der Waals surface area contributed by atoms with Gasteiger partial charge in [0.1, 0.15) is 5.75 Å². The van der Waals surface area contributed by atoms with Crippen LogP contribution in [0.4, 0.5) is 5.69 Å². The number of aliphatic carboxylic acids is 1. The largest absolute Gasteiger partial charge is 0.480 e. The van der Waals surface area contributed by atoms with E-state index in [0.717, 1.165) is 6.42 Å². The smallest absolute Gasteiger partial charge is 0.341 e. The first kappa shape index (κ1) is 18.3. The normalized spacial score (nSPS) is 11.4. The Morgan fingerprint density at radius 3 is 2.50 bits per heavy atom. The minimum absolute atomic E-state index is 0.0866. The quantitative estimate of drug-likeness (QED) is 0.798. The number of carbonyl (C=O) groups excluding carboxylic acids is 1. The number of hydrogen-bond donors (Lipinski definition) is 2. The zero-order valence-corrected chi connectivity index (χ0v) is 14.0. The van der Waals surface area contributed by atoms with Crippen molar-refractivity contribution in [3.63, 3.8) is 0 Å². The molecule has 0 heterocycles. The van der Waals surface area contributed by atoms with Crippen LogP contribution in [0.3, 0.4) is 0 Å². The van der Waals surface area contributed by atoms with Gasteiger partial charge in [-0.1, -0.05) is 39.3 Å². The molecule has 0 saturated heterocycles. The van der Waals surface area contributed by atoms with Gasteiger partial charge in [-0.15, -0.1) is 0 Å². The van der Waals surface area contributed by atoms with Gasteiger partial charge in [-0.05, 0) is 30.5 Å². The summed E-state index contributed by atoms with van der Waals surface area (Å²) < 4.78 is 5.03. The average molecular weight is 328 g/mol. The Bertz CT molecular complexity index is 555. The number of carboxylic acid groups (broad SMARTS) is 1. The van der Waals surface area contributed by atoms with Crippen molar-refractivity contribution in [3.8, 4) is 5.75 Å². The maximum Gasteiger partial charge on any atom is 0.341 e. The van der Waals surface area contributed by atoms with Gasteiger partial charge in [0.05, 0.1) is 5.02 Å². The van der Waals surface area contributed by atoms with Crippen LogP contribution >= 0.6 is 11.6 Å². The Balaban J connectivity index is 2.76. The number of rotatable bonds is 7. The molecule has 0 unspecified atom stereocenters. The molecule has 5 nitrogen and oxygen atoms in total. The van der Waals surface area contributed by atoms with Crippen molar-refractivity contribution in [2.45, 2.75) is 34.1 Å². The van der Waals surface area contributed by atoms with Crippen LogP contribution in [-0.2, 0) is 9.59 Å². The Morgan fingerprint density at radius 1 is 1.36 bits per heavy atom. The van der Waals surface area contributed by atoms with E-state index in [9.17, 15) is 9.59 Å². The van der Waals surface area contributed by atoms with Crippen molar-refractivity contribution >= 4 is 29.2 Å². The van der Waals surface area contributed by atoms with Gasteiger partial charge in [-0.2, -0.15) is 0 Å². The molecule has 1 aromatic rings. The third kappa shape index (κ3) is 5.56. The summed E-state index contributed by atoms with van der Waals surface area (Å²) in [6, 6.07) is 4.71. The number of halogens is 1. The highest BCUT2D eigenvalue weighted by Crippen LogP contribution is 2.30. The van der Waals surface area contributed by atoms with E-state index >= 15 is 0 Å². The fourth-order valence-electron chi connectivity index (χ4n) is 2.25. The van der Waals surface area contributed by atoms with Gasteiger partial charge in [0.25, 0.3) is 0 Å². The third-order valence-electron chi connectivity index (χ3n) is 3.07. The molecule has 0 aliphatic carbocycles. The van der Waals surface area contributed by atoms with Gasteiger partial charge in [0.2, 0.25) is 5.91 Å². The molecule has 0 radical (unpaired) electrons. The molecule has 22 heavy (non-hydrogen) atoms. The third-order valence-corrected chi connectivity index (χ3v) is 3.37. The lowest BCUT2D eigenvalue weighted by atomic mass is 9.83. The predicted molar refractivity (Wildman–Crippen MR) is 86.4 cm³/mol. The molecule has 0 aliphatic rings. The van der Waals surface area contributed by atoms with E-state index in [1.54, 1.807) is 12.1 Å². The summed E-state index contributed by atoms with van der Waals surface area (Å²) in [4.78, 5) is 22.8. The van der Waals surface area contributed by atoms with Crippen LogP contribution in [0, 0.1) is 11.3 Å². The van der Waals surface area contributed by atoms with Crippen molar-refractivity contribution in [3.05, 3.63) is 23.2 Å². The zero-order chi connectivity index (χ0) is 16.9. The van der Waals surface area contributed by atoms with Gasteiger partial charge in [-0.3, -0.25) is 4.79 Å². The fourth-order valence-corrected chi connectivity index (χ4v) is 2.48. The Hall–Kier alpha value is -1.75. The number of amides is 1. The number of carbonyl (C=O) groups is 2. The lowest BCUT2D eigenvalue weighted by Gasteiger charge is -2.25. The monoisotopic (exact) mass is 327 g/mol. The van der Waals surface area contributed by atoms with Gasteiger partial charge < -0.3 is 15.2 Å². The topological polar surface area (TPSA) is 75.6 Å². The molecule has 122 valence electrons. The number of ether oxygens (including phenoxy) is 1. The number of benzene rings is 1. The molecule has 0 saturated carbocycles. The SMILES string of the molecule is CC(C)CC(C)(C)C(=O)Nc1ccc(OCC(=O)O)c(Cl)c1. The van der Waals surface area contributed by atoms with Crippen LogP contribution in [0.1, 0.15) is 34.1 Å². The molecule has 1 amide bonds. The minimum Gasteiger partial charge on any atom is -0.480 e. The number of carboxylic acids is 1. The second-order valence-corrected chi connectivity index (χ2v) is 6.67. The van der Waals surface area contributed by atoms with E-state index < -0.39 is 18.0 Å². The molecule has 2 N–H and O–H groups in total. The molecule has 0 fully saturated rings. The van der Waals surface area contributed by atoms with Crippen LogP contribution < -0.4 is 10.1 Å². The summed E-state index contributed by atoms with van der Waals surface area (Å²) >= 11 is 6.03. The maximum atomic E-state index is 12.3. The minimum atomic E-state index is -1.08. The van der Waals surface area contributed by atoms with Crippen LogP contribution in [0.5, 0.6) is 5.75 Å². The summed E-state index contributed by atoms with van der Waals surface area (Å²) in [6.45, 7) is 7.47. The molecular weight excluding hydrogens is 306 g/mol. The Morgan fingerprint density at radius 2 is 2.00 bits per heavy atom. The Kier molecular flexibility index (Phi) is 6.23. The molecule has 0 spiro atoms. The van der Waals surface area contributed by atoms with Crippen LogP contribution in [0.15, 0.2) is 18.2 Å². The van der Waals surface area contributed by atoms with Crippen molar-refractivity contribution in [1.82, 2.24) is 0 Å². The van der Waals surface area contributed by atoms with E-state index in [1.807, 2.05) is 13.8 Å². The summed E-state index contributed by atoms with van der Waals surface area (Å²) in [5, 5.41) is 11.7. The lowest BCUT2D eigenvalue weighted by molar-refractivity contribution is -0.139. The van der Waals surface area contributed by atoms with E-state index in [-0.39, 0.29) is 16.7 Å². The molecule has 0 aliphatic heterocycles. The second kappa shape index (κ2) is 7.49. The summed E-state index contributed by atoms with van der Waals surface area (Å²) in [5.74, 6) is -0.486. The molecule has 0 aromatic heterocycles. The number of anilines is 1. The summed E-state index contributed by atoms with van der Waals surface area (Å²) in [6.07, 6.45) is 0.770. The maximum absolute atomic E-state index is 12.3. The van der Waals surface area contributed by atoms with E-state index in [2.05, 4.69) is 19.2 Å². The first-order valence-electron chi connectivity index (χ1n) is 7.07. The van der Waals surface area contributed by atoms with E-state index in [1.165, 1.54) is 6.07 Å². The highest BCUT2D eigenvalue weighted by molar-refractivity contribution is 6.32. The summed E-state index contributed by atoms with van der Waals surface area (Å²) in [5.41, 5.74) is 0.0635. The molecule has 6 heteroatoms. The molecule has 1 rings (SSSR count). The lowest BCUT2D eigenvalue weighted by Crippen LogP contribution is -2.32. The molecule has 0 atom stereocenters. The van der Waals surface area contributed by atoms with Gasteiger partial charge in [-0.25, -0.2) is 4.79 Å². The van der Waals surface area contributed by atoms with Crippen LogP contribution in [-0.4, -0.2) is 23.6 Å². The first-order chi connectivity index (χ1) is 10.1. The molecular formula is C16H22ClNO4.